The van der Waals surface area contributed by atoms with Gasteiger partial charge in [-0.25, -0.2) is 23.1 Å². The van der Waals surface area contributed by atoms with E-state index in [2.05, 4.69) is 21.6 Å². The van der Waals surface area contributed by atoms with E-state index < -0.39 is 15.9 Å². The monoisotopic (exact) mass is 481 g/mol. The highest BCUT2D eigenvalue weighted by Gasteiger charge is 2.41. The molecule has 4 rings (SSSR count). The molecule has 178 valence electrons. The van der Waals surface area contributed by atoms with Gasteiger partial charge in [0.1, 0.15) is 16.2 Å². The molecule has 2 aromatic heterocycles. The van der Waals surface area contributed by atoms with E-state index in [-0.39, 0.29) is 27.6 Å². The smallest absolute Gasteiger partial charge is 0.270 e. The number of pyridine rings is 2. The van der Waals surface area contributed by atoms with Crippen LogP contribution >= 0.6 is 0 Å². The van der Waals surface area contributed by atoms with Crippen molar-refractivity contribution >= 4 is 15.9 Å². The van der Waals surface area contributed by atoms with Gasteiger partial charge in [-0.3, -0.25) is 4.79 Å². The van der Waals surface area contributed by atoms with Crippen molar-refractivity contribution in [2.24, 2.45) is 0 Å². The number of nitrogens with one attached hydrogen (secondary N) is 1. The second-order valence-corrected chi connectivity index (χ2v) is 10.5. The normalized spacial score (nSPS) is 14.4. The molecular weight excluding hydrogens is 454 g/mol. The quantitative estimate of drug-likeness (QED) is 0.534. The van der Waals surface area contributed by atoms with Crippen LogP contribution in [0.1, 0.15) is 52.5 Å². The lowest BCUT2D eigenvalue weighted by Gasteiger charge is -2.17. The third-order valence-electron chi connectivity index (χ3n) is 5.97. The van der Waals surface area contributed by atoms with Crippen LogP contribution in [0.4, 0.5) is 0 Å². The fraction of sp³-hybridized carbons (Fsp3) is 0.320. The molecule has 0 bridgehead atoms. The van der Waals surface area contributed by atoms with Crippen molar-refractivity contribution in [1.29, 1.82) is 0 Å². The summed E-state index contributed by atoms with van der Waals surface area (Å²) < 4.78 is 39.2. The molecule has 0 unspecified atom stereocenters. The third kappa shape index (κ3) is 4.61. The molecule has 1 fully saturated rings. The topological polar surface area (TPSA) is 107 Å². The van der Waals surface area contributed by atoms with E-state index in [1.54, 1.807) is 12.1 Å². The highest BCUT2D eigenvalue weighted by Crippen LogP contribution is 2.47. The first-order valence-corrected chi connectivity index (χ1v) is 12.4. The van der Waals surface area contributed by atoms with Crippen molar-refractivity contribution in [1.82, 2.24) is 14.7 Å². The predicted octanol–water partition coefficient (Wildman–Crippen LogP) is 4.37. The molecule has 1 aliphatic rings. The Balaban J connectivity index is 1.73. The lowest BCUT2D eigenvalue weighted by molar-refractivity contribution is 0.0978. The van der Waals surface area contributed by atoms with Crippen molar-refractivity contribution < 1.29 is 22.7 Å². The van der Waals surface area contributed by atoms with Gasteiger partial charge in [0, 0.05) is 11.6 Å². The lowest BCUT2D eigenvalue weighted by atomic mass is 10.0. The van der Waals surface area contributed by atoms with Gasteiger partial charge in [-0.1, -0.05) is 24.6 Å². The van der Waals surface area contributed by atoms with E-state index in [4.69, 9.17) is 9.47 Å². The molecule has 1 aliphatic carbocycles. The molecule has 2 heterocycles. The maximum Gasteiger partial charge on any atom is 0.270 e. The first-order valence-electron chi connectivity index (χ1n) is 10.9. The van der Waals surface area contributed by atoms with Crippen molar-refractivity contribution in [3.63, 3.8) is 0 Å². The Morgan fingerprint density at radius 2 is 1.74 bits per heavy atom. The average Bonchev–Trinajstić information content (AvgIpc) is 3.54. The summed E-state index contributed by atoms with van der Waals surface area (Å²) in [7, 11) is -2.95. The van der Waals surface area contributed by atoms with E-state index in [0.29, 0.717) is 5.75 Å². The minimum Gasteiger partial charge on any atom is -0.480 e. The first kappa shape index (κ1) is 23.7. The third-order valence-corrected chi connectivity index (χ3v) is 7.32. The Morgan fingerprint density at radius 3 is 2.35 bits per heavy atom. The number of hydrogen-bond acceptors (Lipinski definition) is 7. The SMILES string of the molecule is COc1ncccc1S(=O)(=O)NC(=O)c1ccc(C2(C)CC2)nc1Oc1c(C)cc(C)cc1C. The number of methoxy groups -OCH3 is 1. The van der Waals surface area contributed by atoms with Gasteiger partial charge in [-0.05, 0) is 69.0 Å². The van der Waals surface area contributed by atoms with Gasteiger partial charge in [0.15, 0.2) is 0 Å². The predicted molar refractivity (Wildman–Crippen MR) is 127 cm³/mol. The standard InChI is InChI=1S/C25H27N3O5S/c1-15-13-16(2)21(17(3)14-15)33-23-18(8-9-20(27-23)25(4)10-11-25)22(29)28-34(30,31)19-7-6-12-26-24(19)32-5/h6-9,12-14H,10-11H2,1-5H3,(H,28,29). The lowest BCUT2D eigenvalue weighted by Crippen LogP contribution is -2.31. The van der Waals surface area contributed by atoms with E-state index in [1.165, 1.54) is 25.4 Å². The summed E-state index contributed by atoms with van der Waals surface area (Å²) in [5.74, 6) is -0.322. The summed E-state index contributed by atoms with van der Waals surface area (Å²) in [6.07, 6.45) is 3.38. The molecule has 1 aromatic carbocycles. The van der Waals surface area contributed by atoms with Crippen molar-refractivity contribution in [2.45, 2.75) is 50.8 Å². The fourth-order valence-corrected chi connectivity index (χ4v) is 4.95. The summed E-state index contributed by atoms with van der Waals surface area (Å²) in [6, 6.07) is 10.0. The molecule has 1 saturated carbocycles. The Morgan fingerprint density at radius 1 is 1.06 bits per heavy atom. The van der Waals surface area contributed by atoms with Gasteiger partial charge in [0.25, 0.3) is 15.9 Å². The number of sulfonamides is 1. The molecule has 3 aromatic rings. The van der Waals surface area contributed by atoms with Gasteiger partial charge in [-0.2, -0.15) is 0 Å². The first-order chi connectivity index (χ1) is 16.0. The van der Waals surface area contributed by atoms with Gasteiger partial charge < -0.3 is 9.47 Å². The molecule has 0 radical (unpaired) electrons. The van der Waals surface area contributed by atoms with Crippen LogP contribution in [0.3, 0.4) is 0 Å². The molecule has 0 atom stereocenters. The zero-order valence-electron chi connectivity index (χ0n) is 19.8. The highest BCUT2D eigenvalue weighted by atomic mass is 32.2. The number of aromatic nitrogens is 2. The molecule has 9 heteroatoms. The van der Waals surface area contributed by atoms with E-state index in [1.807, 2.05) is 32.9 Å². The minimum absolute atomic E-state index is 0.0128. The Hall–Kier alpha value is -3.46. The summed E-state index contributed by atoms with van der Waals surface area (Å²) in [5, 5.41) is 0. The molecule has 1 N–H and O–H groups in total. The van der Waals surface area contributed by atoms with Crippen molar-refractivity contribution in [3.05, 3.63) is 70.5 Å². The zero-order valence-corrected chi connectivity index (χ0v) is 20.6. The van der Waals surface area contributed by atoms with Crippen LogP contribution in [0.15, 0.2) is 47.5 Å². The average molecular weight is 482 g/mol. The molecule has 0 saturated heterocycles. The highest BCUT2D eigenvalue weighted by molar-refractivity contribution is 7.90. The Labute approximate surface area is 199 Å². The number of aryl methyl sites for hydroxylation is 3. The Bertz CT molecular complexity index is 1360. The number of carbonyl (C=O) groups is 1. The molecule has 1 amide bonds. The van der Waals surface area contributed by atoms with Crippen molar-refractivity contribution in [3.8, 4) is 17.5 Å². The molecular formula is C25H27N3O5S. The maximum absolute atomic E-state index is 13.2. The molecule has 0 spiro atoms. The van der Waals surface area contributed by atoms with E-state index in [0.717, 1.165) is 35.2 Å². The zero-order chi connectivity index (χ0) is 24.7. The van der Waals surface area contributed by atoms with Crippen LogP contribution in [0.5, 0.6) is 17.5 Å². The fourth-order valence-electron chi connectivity index (χ4n) is 3.86. The number of amides is 1. The van der Waals surface area contributed by atoms with Gasteiger partial charge in [0.2, 0.25) is 11.8 Å². The summed E-state index contributed by atoms with van der Waals surface area (Å²) in [6.45, 7) is 7.92. The number of hydrogen-bond donors (Lipinski definition) is 1. The summed E-state index contributed by atoms with van der Waals surface area (Å²) in [4.78, 5) is 21.5. The van der Waals surface area contributed by atoms with Crippen LogP contribution < -0.4 is 14.2 Å². The van der Waals surface area contributed by atoms with Crippen LogP contribution in [0.2, 0.25) is 0 Å². The number of benzene rings is 1. The number of rotatable bonds is 7. The minimum atomic E-state index is -4.26. The van der Waals surface area contributed by atoms with Crippen molar-refractivity contribution in [2.75, 3.05) is 7.11 Å². The van der Waals surface area contributed by atoms with Gasteiger partial charge >= 0.3 is 0 Å². The van der Waals surface area contributed by atoms with E-state index >= 15 is 0 Å². The van der Waals surface area contributed by atoms with E-state index in [9.17, 15) is 13.2 Å². The second-order valence-electron chi connectivity index (χ2n) is 8.89. The van der Waals surface area contributed by atoms with Crippen LogP contribution in [-0.4, -0.2) is 31.4 Å². The Kier molecular flexibility index (Phi) is 6.07. The van der Waals surface area contributed by atoms with Crippen LogP contribution in [0.25, 0.3) is 0 Å². The van der Waals surface area contributed by atoms with Gasteiger partial charge in [-0.15, -0.1) is 0 Å². The number of nitrogens with zero attached hydrogens (tertiary/aromatic N) is 2. The van der Waals surface area contributed by atoms with Crippen LogP contribution in [0, 0.1) is 20.8 Å². The summed E-state index contributed by atoms with van der Waals surface area (Å²) in [5.41, 5.74) is 3.61. The number of ether oxygens (including phenoxy) is 2. The van der Waals surface area contributed by atoms with Crippen LogP contribution in [-0.2, 0) is 15.4 Å². The largest absolute Gasteiger partial charge is 0.480 e. The molecule has 0 aliphatic heterocycles. The summed E-state index contributed by atoms with van der Waals surface area (Å²) >= 11 is 0. The number of carbonyl (C=O) groups excluding carboxylic acids is 1. The van der Waals surface area contributed by atoms with Gasteiger partial charge in [0.05, 0.1) is 12.8 Å². The maximum atomic E-state index is 13.2. The molecule has 8 nitrogen and oxygen atoms in total. The molecule has 34 heavy (non-hydrogen) atoms. The second kappa shape index (κ2) is 8.72.